The molecule has 0 aliphatic rings. The van der Waals surface area contributed by atoms with Crippen LogP contribution in [0.4, 0.5) is 11.6 Å². The highest BCUT2D eigenvalue weighted by Crippen LogP contribution is 2.24. The van der Waals surface area contributed by atoms with Crippen LogP contribution in [0, 0.1) is 20.2 Å². The lowest BCUT2D eigenvalue weighted by molar-refractivity contribution is -0.394. The van der Waals surface area contributed by atoms with Crippen molar-refractivity contribution in [1.29, 1.82) is 0 Å². The van der Waals surface area contributed by atoms with Gasteiger partial charge in [0.1, 0.15) is 6.07 Å². The molecule has 0 radical (unpaired) electrons. The van der Waals surface area contributed by atoms with E-state index < -0.39 is 21.5 Å². The third-order valence-electron chi connectivity index (χ3n) is 2.12. The minimum absolute atomic E-state index is 0.373. The fourth-order valence-corrected chi connectivity index (χ4v) is 1.62. The van der Waals surface area contributed by atoms with Gasteiger partial charge in [-0.25, -0.2) is 0 Å². The molecule has 1 aromatic carbocycles. The van der Waals surface area contributed by atoms with Crippen LogP contribution in [-0.4, -0.2) is 19.6 Å². The van der Waals surface area contributed by atoms with Crippen LogP contribution < -0.4 is 0 Å². The van der Waals surface area contributed by atoms with Crippen molar-refractivity contribution in [3.63, 3.8) is 0 Å². The van der Waals surface area contributed by atoms with E-state index in [0.29, 0.717) is 5.69 Å². The molecule has 0 aliphatic carbocycles. The molecule has 2 rings (SSSR count). The van der Waals surface area contributed by atoms with Crippen molar-refractivity contribution in [2.24, 2.45) is 0 Å². The quantitative estimate of drug-likeness (QED) is 0.639. The first-order valence-electron chi connectivity index (χ1n) is 4.64. The monoisotopic (exact) mass is 312 g/mol. The molecule has 0 amide bonds. The Hall–Kier alpha value is -2.29. The molecule has 8 nitrogen and oxygen atoms in total. The maximum Gasteiger partial charge on any atom is 0.420 e. The van der Waals surface area contributed by atoms with Crippen LogP contribution in [0.1, 0.15) is 0 Å². The number of halogens is 1. The first-order valence-corrected chi connectivity index (χ1v) is 5.43. The maximum absolute atomic E-state index is 10.8. The molecular formula is C9H5BrN4O4. The van der Waals surface area contributed by atoms with Gasteiger partial charge in [0.2, 0.25) is 0 Å². The van der Waals surface area contributed by atoms with Crippen LogP contribution in [0.3, 0.4) is 0 Å². The Morgan fingerprint density at radius 2 is 1.72 bits per heavy atom. The topological polar surface area (TPSA) is 104 Å². The molecule has 0 aliphatic heterocycles. The van der Waals surface area contributed by atoms with Crippen molar-refractivity contribution in [1.82, 2.24) is 9.78 Å². The molecule has 0 saturated carbocycles. The summed E-state index contributed by atoms with van der Waals surface area (Å²) < 4.78 is 1.71. The van der Waals surface area contributed by atoms with E-state index in [0.717, 1.165) is 15.2 Å². The van der Waals surface area contributed by atoms with Gasteiger partial charge in [0, 0.05) is 9.15 Å². The van der Waals surface area contributed by atoms with Crippen molar-refractivity contribution >= 4 is 27.6 Å². The van der Waals surface area contributed by atoms with E-state index in [2.05, 4.69) is 21.0 Å². The summed E-state index contributed by atoms with van der Waals surface area (Å²) in [5.41, 5.74) is 0.373. The first kappa shape index (κ1) is 12.2. The van der Waals surface area contributed by atoms with E-state index in [1.165, 1.54) is 0 Å². The molecule has 0 N–H and O–H groups in total. The van der Waals surface area contributed by atoms with E-state index in [9.17, 15) is 20.2 Å². The standard InChI is InChI=1S/C9H5BrN4O4/c10-6-1-3-7(4-2-6)12-9(14(17)18)5-8(11-12)13(15)16/h1-5H. The minimum atomic E-state index is -0.775. The van der Waals surface area contributed by atoms with Gasteiger partial charge in [0.25, 0.3) is 0 Å². The van der Waals surface area contributed by atoms with E-state index in [1.807, 2.05) is 0 Å². The SMILES string of the molecule is O=[N+]([O-])c1cc([N+](=O)[O-])n(-c2ccc(Br)cc2)n1. The lowest BCUT2D eigenvalue weighted by Crippen LogP contribution is -2.02. The van der Waals surface area contributed by atoms with Crippen molar-refractivity contribution < 1.29 is 9.85 Å². The second-order valence-corrected chi connectivity index (χ2v) is 4.18. The van der Waals surface area contributed by atoms with Crippen LogP contribution in [0.2, 0.25) is 0 Å². The Morgan fingerprint density at radius 3 is 2.22 bits per heavy atom. The summed E-state index contributed by atoms with van der Waals surface area (Å²) in [6, 6.07) is 7.27. The largest absolute Gasteiger partial charge is 0.420 e. The lowest BCUT2D eigenvalue weighted by Gasteiger charge is -1.94. The maximum atomic E-state index is 10.8. The molecule has 1 heterocycles. The van der Waals surface area contributed by atoms with Crippen LogP contribution >= 0.6 is 15.9 Å². The molecular weight excluding hydrogens is 308 g/mol. The second kappa shape index (κ2) is 4.53. The summed E-state index contributed by atoms with van der Waals surface area (Å²) in [6.07, 6.45) is 0. The fraction of sp³-hybridized carbons (Fsp3) is 0. The Labute approximate surface area is 108 Å². The average molecular weight is 313 g/mol. The summed E-state index contributed by atoms with van der Waals surface area (Å²) in [5, 5.41) is 25.0. The number of hydrogen-bond acceptors (Lipinski definition) is 5. The van der Waals surface area contributed by atoms with Gasteiger partial charge in [-0.3, -0.25) is 0 Å². The molecule has 1 aromatic heterocycles. The smallest absolute Gasteiger partial charge is 0.358 e. The first-order chi connectivity index (χ1) is 8.49. The molecule has 0 saturated heterocycles. The number of rotatable bonds is 3. The summed E-state index contributed by atoms with van der Waals surface area (Å²) in [4.78, 5) is 19.9. The minimum Gasteiger partial charge on any atom is -0.358 e. The third-order valence-corrected chi connectivity index (χ3v) is 2.65. The van der Waals surface area contributed by atoms with E-state index in [-0.39, 0.29) is 0 Å². The summed E-state index contributed by atoms with van der Waals surface area (Å²) in [6.45, 7) is 0. The Morgan fingerprint density at radius 1 is 1.11 bits per heavy atom. The molecule has 0 atom stereocenters. The van der Waals surface area contributed by atoms with Crippen LogP contribution in [0.5, 0.6) is 0 Å². The van der Waals surface area contributed by atoms with Gasteiger partial charge in [0.05, 0.1) is 0 Å². The van der Waals surface area contributed by atoms with Crippen molar-refractivity contribution in [3.8, 4) is 5.69 Å². The van der Waals surface area contributed by atoms with Crippen molar-refractivity contribution in [3.05, 3.63) is 55.0 Å². The summed E-state index contributed by atoms with van der Waals surface area (Å²) in [7, 11) is 0. The highest BCUT2D eigenvalue weighted by atomic mass is 79.9. The second-order valence-electron chi connectivity index (χ2n) is 3.26. The lowest BCUT2D eigenvalue weighted by atomic mass is 10.3. The van der Waals surface area contributed by atoms with Gasteiger partial charge >= 0.3 is 11.6 Å². The third kappa shape index (κ3) is 2.20. The predicted molar refractivity (Wildman–Crippen MR) is 64.6 cm³/mol. The summed E-state index contributed by atoms with van der Waals surface area (Å²) in [5.74, 6) is -1.02. The van der Waals surface area contributed by atoms with Gasteiger partial charge in [-0.2, -0.15) is 0 Å². The number of nitrogens with zero attached hydrogens (tertiary/aromatic N) is 4. The normalized spacial score (nSPS) is 10.3. The predicted octanol–water partition coefficient (Wildman–Crippen LogP) is 2.45. The van der Waals surface area contributed by atoms with Gasteiger partial charge in [-0.1, -0.05) is 15.9 Å². The van der Waals surface area contributed by atoms with Gasteiger partial charge < -0.3 is 20.2 Å². The van der Waals surface area contributed by atoms with E-state index >= 15 is 0 Å². The molecule has 9 heteroatoms. The molecule has 92 valence electrons. The molecule has 2 aromatic rings. The molecule has 0 bridgehead atoms. The molecule has 0 fully saturated rings. The Balaban J connectivity index is 2.58. The van der Waals surface area contributed by atoms with Crippen molar-refractivity contribution in [2.75, 3.05) is 0 Å². The molecule has 0 unspecified atom stereocenters. The zero-order valence-corrected chi connectivity index (χ0v) is 10.3. The van der Waals surface area contributed by atoms with E-state index in [4.69, 9.17) is 0 Å². The average Bonchev–Trinajstić information content (AvgIpc) is 2.75. The number of hydrogen-bond donors (Lipinski definition) is 0. The Bertz CT molecular complexity index is 622. The highest BCUT2D eigenvalue weighted by molar-refractivity contribution is 9.10. The van der Waals surface area contributed by atoms with Crippen LogP contribution in [-0.2, 0) is 0 Å². The number of nitro groups is 2. The number of benzene rings is 1. The summed E-state index contributed by atoms with van der Waals surface area (Å²) >= 11 is 3.22. The molecule has 0 spiro atoms. The number of aromatic nitrogens is 2. The van der Waals surface area contributed by atoms with Crippen LogP contribution in [0.25, 0.3) is 5.69 Å². The van der Waals surface area contributed by atoms with Crippen molar-refractivity contribution in [2.45, 2.75) is 0 Å². The van der Waals surface area contributed by atoms with Crippen LogP contribution in [0.15, 0.2) is 34.8 Å². The van der Waals surface area contributed by atoms with Gasteiger partial charge in [-0.05, 0) is 34.1 Å². The van der Waals surface area contributed by atoms with Gasteiger partial charge in [-0.15, -0.1) is 0 Å². The zero-order chi connectivity index (χ0) is 13.3. The Kier molecular flexibility index (Phi) is 3.06. The fourth-order valence-electron chi connectivity index (χ4n) is 1.35. The van der Waals surface area contributed by atoms with Gasteiger partial charge in [0.15, 0.2) is 10.8 Å². The highest BCUT2D eigenvalue weighted by Gasteiger charge is 2.29. The molecule has 18 heavy (non-hydrogen) atoms. The van der Waals surface area contributed by atoms with E-state index in [1.54, 1.807) is 24.3 Å². The zero-order valence-electron chi connectivity index (χ0n) is 8.69.